The topological polar surface area (TPSA) is 75.9 Å². The summed E-state index contributed by atoms with van der Waals surface area (Å²) in [5, 5.41) is 6.32. The van der Waals surface area contributed by atoms with Crippen LogP contribution in [0.2, 0.25) is 0 Å². The quantitative estimate of drug-likeness (QED) is 0.872. The molecule has 0 aliphatic heterocycles. The summed E-state index contributed by atoms with van der Waals surface area (Å²) in [7, 11) is 1.86. The molecule has 0 amide bonds. The Morgan fingerprint density at radius 2 is 1.95 bits per heavy atom. The van der Waals surface area contributed by atoms with Gasteiger partial charge >= 0.3 is 0 Å². The van der Waals surface area contributed by atoms with Gasteiger partial charge in [-0.1, -0.05) is 0 Å². The minimum absolute atomic E-state index is 0.523. The minimum Gasteiger partial charge on any atom is -0.444 e. The van der Waals surface area contributed by atoms with Gasteiger partial charge in [0.2, 0.25) is 5.89 Å². The molecule has 0 unspecified atom stereocenters. The highest BCUT2D eigenvalue weighted by Gasteiger charge is 2.27. The number of hydrogen-bond acceptors (Lipinski definition) is 6. The summed E-state index contributed by atoms with van der Waals surface area (Å²) in [6.45, 7) is 4.39. The van der Waals surface area contributed by atoms with E-state index in [0.29, 0.717) is 18.4 Å². The summed E-state index contributed by atoms with van der Waals surface area (Å²) >= 11 is 0. The van der Waals surface area contributed by atoms with Crippen LogP contribution in [0.3, 0.4) is 0 Å². The molecule has 1 fully saturated rings. The van der Waals surface area contributed by atoms with E-state index in [1.807, 2.05) is 27.0 Å². The Hall–Kier alpha value is -2.11. The average Bonchev–Trinajstić information content (AvgIpc) is 3.24. The zero-order valence-electron chi connectivity index (χ0n) is 12.0. The molecule has 0 radical (unpaired) electrons. The van der Waals surface area contributed by atoms with Crippen LogP contribution >= 0.6 is 0 Å². The van der Waals surface area contributed by atoms with Crippen LogP contribution in [0.25, 0.3) is 0 Å². The van der Waals surface area contributed by atoms with Crippen molar-refractivity contribution in [3.8, 4) is 0 Å². The smallest absolute Gasteiger partial charge is 0.213 e. The molecule has 2 heterocycles. The number of oxazole rings is 1. The molecule has 2 aromatic heterocycles. The molecule has 20 heavy (non-hydrogen) atoms. The lowest BCUT2D eigenvalue weighted by Gasteiger charge is -2.08. The van der Waals surface area contributed by atoms with Crippen molar-refractivity contribution in [1.82, 2.24) is 15.0 Å². The molecular weight excluding hydrogens is 254 g/mol. The Balaban J connectivity index is 1.74. The zero-order valence-corrected chi connectivity index (χ0v) is 12.0. The molecule has 1 aliphatic rings. The largest absolute Gasteiger partial charge is 0.444 e. The van der Waals surface area contributed by atoms with Crippen LogP contribution in [0.4, 0.5) is 11.6 Å². The van der Waals surface area contributed by atoms with Gasteiger partial charge in [-0.3, -0.25) is 0 Å². The molecule has 2 aromatic rings. The van der Waals surface area contributed by atoms with E-state index in [1.165, 1.54) is 12.8 Å². The van der Waals surface area contributed by atoms with Crippen LogP contribution in [0.1, 0.15) is 41.9 Å². The van der Waals surface area contributed by atoms with E-state index in [4.69, 9.17) is 4.42 Å². The second-order valence-electron chi connectivity index (χ2n) is 5.12. The zero-order chi connectivity index (χ0) is 14.1. The number of nitrogens with one attached hydrogen (secondary N) is 2. The van der Waals surface area contributed by atoms with Gasteiger partial charge in [-0.25, -0.2) is 15.0 Å². The van der Waals surface area contributed by atoms with Crippen LogP contribution in [0.15, 0.2) is 10.5 Å². The maximum Gasteiger partial charge on any atom is 0.213 e. The predicted octanol–water partition coefficient (Wildman–Crippen LogP) is 2.61. The van der Waals surface area contributed by atoms with Crippen LogP contribution < -0.4 is 10.6 Å². The van der Waals surface area contributed by atoms with Crippen molar-refractivity contribution >= 4 is 11.6 Å². The van der Waals surface area contributed by atoms with Crippen molar-refractivity contribution in [3.05, 3.63) is 29.2 Å². The summed E-state index contributed by atoms with van der Waals surface area (Å²) < 4.78 is 5.55. The third-order valence-corrected chi connectivity index (χ3v) is 3.44. The van der Waals surface area contributed by atoms with E-state index in [-0.39, 0.29) is 0 Å². The third kappa shape index (κ3) is 2.74. The van der Waals surface area contributed by atoms with Crippen LogP contribution in [-0.2, 0) is 6.54 Å². The van der Waals surface area contributed by atoms with Crippen molar-refractivity contribution in [3.63, 3.8) is 0 Å². The Morgan fingerprint density at radius 1 is 1.20 bits per heavy atom. The molecule has 106 valence electrons. The number of aromatic nitrogens is 3. The standard InChI is InChI=1S/C14H19N5O/c1-8-9(2)20-13(17-8)7-16-12-6-11(15-3)18-14(19-12)10-4-5-10/h6,10H,4-5,7H2,1-3H3,(H2,15,16,18,19). The molecule has 6 nitrogen and oxygen atoms in total. The van der Waals surface area contributed by atoms with Crippen LogP contribution in [0, 0.1) is 13.8 Å². The molecule has 2 N–H and O–H groups in total. The van der Waals surface area contributed by atoms with Crippen molar-refractivity contribution in [2.45, 2.75) is 39.2 Å². The van der Waals surface area contributed by atoms with E-state index in [1.54, 1.807) is 0 Å². The highest BCUT2D eigenvalue weighted by molar-refractivity contribution is 5.47. The first-order chi connectivity index (χ1) is 9.65. The fraction of sp³-hybridized carbons (Fsp3) is 0.500. The fourth-order valence-electron chi connectivity index (χ4n) is 1.99. The van der Waals surface area contributed by atoms with E-state index < -0.39 is 0 Å². The van der Waals surface area contributed by atoms with E-state index >= 15 is 0 Å². The molecule has 6 heteroatoms. The van der Waals surface area contributed by atoms with Crippen molar-refractivity contribution in [1.29, 1.82) is 0 Å². The second-order valence-corrected chi connectivity index (χ2v) is 5.12. The first-order valence-corrected chi connectivity index (χ1v) is 6.89. The second kappa shape index (κ2) is 5.11. The van der Waals surface area contributed by atoms with Gasteiger partial charge in [0.25, 0.3) is 0 Å². The summed E-state index contributed by atoms with van der Waals surface area (Å²) in [5.74, 6) is 4.62. The lowest BCUT2D eigenvalue weighted by atomic mass is 10.3. The minimum atomic E-state index is 0.523. The Kier molecular flexibility index (Phi) is 3.30. The number of hydrogen-bond donors (Lipinski definition) is 2. The summed E-state index contributed by atoms with van der Waals surface area (Å²) in [6.07, 6.45) is 2.37. The van der Waals surface area contributed by atoms with Crippen molar-refractivity contribution in [2.75, 3.05) is 17.7 Å². The number of rotatable bonds is 5. The summed E-state index contributed by atoms with van der Waals surface area (Å²) in [6, 6.07) is 1.90. The highest BCUT2D eigenvalue weighted by Crippen LogP contribution is 2.38. The van der Waals surface area contributed by atoms with Gasteiger partial charge in [-0.2, -0.15) is 0 Å². The van der Waals surface area contributed by atoms with Gasteiger partial charge in [-0.15, -0.1) is 0 Å². The Labute approximate surface area is 118 Å². The maximum atomic E-state index is 5.55. The van der Waals surface area contributed by atoms with E-state index in [0.717, 1.165) is 28.9 Å². The van der Waals surface area contributed by atoms with E-state index in [9.17, 15) is 0 Å². The fourth-order valence-corrected chi connectivity index (χ4v) is 1.99. The molecule has 0 atom stereocenters. The third-order valence-electron chi connectivity index (χ3n) is 3.44. The van der Waals surface area contributed by atoms with Crippen molar-refractivity contribution < 1.29 is 4.42 Å². The van der Waals surface area contributed by atoms with Crippen molar-refractivity contribution in [2.24, 2.45) is 0 Å². The predicted molar refractivity (Wildman–Crippen MR) is 76.9 cm³/mol. The van der Waals surface area contributed by atoms with Gasteiger partial charge < -0.3 is 15.1 Å². The van der Waals surface area contributed by atoms with Gasteiger partial charge in [-0.05, 0) is 26.7 Å². The Bertz CT molecular complexity index is 599. The maximum absolute atomic E-state index is 5.55. The summed E-state index contributed by atoms with van der Waals surface area (Å²) in [5.41, 5.74) is 0.930. The molecule has 1 saturated carbocycles. The highest BCUT2D eigenvalue weighted by atomic mass is 16.4. The average molecular weight is 273 g/mol. The molecule has 0 saturated heterocycles. The molecule has 0 aromatic carbocycles. The van der Waals surface area contributed by atoms with E-state index in [2.05, 4.69) is 25.6 Å². The van der Waals surface area contributed by atoms with Crippen LogP contribution in [-0.4, -0.2) is 22.0 Å². The molecule has 0 spiro atoms. The SMILES string of the molecule is CNc1cc(NCc2nc(C)c(C)o2)nc(C2CC2)n1. The van der Waals surface area contributed by atoms with Gasteiger partial charge in [0.15, 0.2) is 0 Å². The molecular formula is C14H19N5O. The molecule has 3 rings (SSSR count). The number of aryl methyl sites for hydroxylation is 2. The normalized spacial score (nSPS) is 14.3. The van der Waals surface area contributed by atoms with Gasteiger partial charge in [0.05, 0.1) is 12.2 Å². The van der Waals surface area contributed by atoms with Gasteiger partial charge in [0.1, 0.15) is 23.2 Å². The number of nitrogens with zero attached hydrogens (tertiary/aromatic N) is 3. The molecule has 0 bridgehead atoms. The lowest BCUT2D eigenvalue weighted by molar-refractivity contribution is 0.478. The summed E-state index contributed by atoms with van der Waals surface area (Å²) in [4.78, 5) is 13.4. The van der Waals surface area contributed by atoms with Gasteiger partial charge in [0, 0.05) is 19.0 Å². The first-order valence-electron chi connectivity index (χ1n) is 6.89. The van der Waals surface area contributed by atoms with Crippen LogP contribution in [0.5, 0.6) is 0 Å². The first kappa shape index (κ1) is 12.9. The monoisotopic (exact) mass is 273 g/mol. The Morgan fingerprint density at radius 3 is 2.55 bits per heavy atom. The number of anilines is 2. The lowest BCUT2D eigenvalue weighted by Crippen LogP contribution is -2.06. The molecule has 1 aliphatic carbocycles.